The van der Waals surface area contributed by atoms with Crippen LogP contribution < -0.4 is 0 Å². The van der Waals surface area contributed by atoms with E-state index < -0.39 is 6.10 Å². The zero-order valence-corrected chi connectivity index (χ0v) is 43.8. The molecule has 0 heterocycles. The predicted molar refractivity (Wildman–Crippen MR) is 293 cm³/mol. The molecule has 0 aromatic heterocycles. The number of allylic oxidation sites excluding steroid dienone is 20. The first-order valence-electron chi connectivity index (χ1n) is 27.5. The Labute approximate surface area is 418 Å². The summed E-state index contributed by atoms with van der Waals surface area (Å²) in [5, 5.41) is 0. The molecule has 384 valence electrons. The number of hydrogen-bond donors (Lipinski definition) is 0. The highest BCUT2D eigenvalue weighted by Gasteiger charge is 2.19. The van der Waals surface area contributed by atoms with Crippen molar-refractivity contribution < 1.29 is 28.6 Å². The number of hydrogen-bond acceptors (Lipinski definition) is 6. The minimum Gasteiger partial charge on any atom is -0.462 e. The van der Waals surface area contributed by atoms with Crippen molar-refractivity contribution in [3.8, 4) is 0 Å². The minimum atomic E-state index is -0.811. The zero-order chi connectivity index (χ0) is 49.3. The molecule has 0 N–H and O–H groups in total. The molecule has 1 unspecified atom stereocenters. The van der Waals surface area contributed by atoms with Crippen LogP contribution in [0.2, 0.25) is 0 Å². The van der Waals surface area contributed by atoms with Crippen molar-refractivity contribution in [3.63, 3.8) is 0 Å². The summed E-state index contributed by atoms with van der Waals surface area (Å²) in [6, 6.07) is 0. The Kier molecular flexibility index (Phi) is 52.0. The molecule has 0 amide bonds. The molecule has 6 heteroatoms. The monoisotopic (exact) mass is 941 g/mol. The number of carbonyl (C=O) groups excluding carboxylic acids is 3. The molecule has 0 bridgehead atoms. The van der Waals surface area contributed by atoms with Gasteiger partial charge in [-0.25, -0.2) is 0 Å². The van der Waals surface area contributed by atoms with Crippen molar-refractivity contribution in [1.82, 2.24) is 0 Å². The lowest BCUT2D eigenvalue weighted by Crippen LogP contribution is -2.30. The molecule has 0 radical (unpaired) electrons. The lowest BCUT2D eigenvalue weighted by Gasteiger charge is -2.18. The topological polar surface area (TPSA) is 78.9 Å². The molecule has 1 atom stereocenters. The molecular formula is C62H100O6. The fourth-order valence-electron chi connectivity index (χ4n) is 7.10. The van der Waals surface area contributed by atoms with Crippen LogP contribution in [-0.4, -0.2) is 37.2 Å². The van der Waals surface area contributed by atoms with E-state index in [0.29, 0.717) is 12.8 Å². The quantitative estimate of drug-likeness (QED) is 0.0262. The Morgan fingerprint density at radius 3 is 0.897 bits per heavy atom. The van der Waals surface area contributed by atoms with E-state index in [2.05, 4.69) is 142 Å². The largest absolute Gasteiger partial charge is 0.462 e. The van der Waals surface area contributed by atoms with Gasteiger partial charge in [0.05, 0.1) is 0 Å². The van der Waals surface area contributed by atoms with E-state index in [0.717, 1.165) is 161 Å². The number of unbranched alkanes of at least 4 members (excludes halogenated alkanes) is 17. The van der Waals surface area contributed by atoms with Gasteiger partial charge in [-0.3, -0.25) is 14.4 Å². The summed E-state index contributed by atoms with van der Waals surface area (Å²) >= 11 is 0. The van der Waals surface area contributed by atoms with Crippen LogP contribution in [0.25, 0.3) is 0 Å². The van der Waals surface area contributed by atoms with Crippen LogP contribution in [0.4, 0.5) is 0 Å². The van der Waals surface area contributed by atoms with Crippen molar-refractivity contribution in [2.45, 2.75) is 239 Å². The number of esters is 3. The van der Waals surface area contributed by atoms with Gasteiger partial charge in [0.25, 0.3) is 0 Å². The summed E-state index contributed by atoms with van der Waals surface area (Å²) in [6.45, 7) is 6.33. The molecule has 0 spiro atoms. The molecule has 68 heavy (non-hydrogen) atoms. The number of rotatable bonds is 48. The lowest BCUT2D eigenvalue weighted by atomic mass is 10.1. The van der Waals surface area contributed by atoms with Gasteiger partial charge in [0.2, 0.25) is 0 Å². The predicted octanol–water partition coefficient (Wildman–Crippen LogP) is 18.5. The summed E-state index contributed by atoms with van der Waals surface area (Å²) in [7, 11) is 0. The van der Waals surface area contributed by atoms with E-state index in [-0.39, 0.29) is 37.5 Å². The molecule has 0 aliphatic rings. The van der Waals surface area contributed by atoms with Crippen molar-refractivity contribution in [2.75, 3.05) is 13.2 Å². The first-order valence-corrected chi connectivity index (χ1v) is 27.5. The second-order valence-electron chi connectivity index (χ2n) is 17.7. The Hall–Kier alpha value is -4.19. The van der Waals surface area contributed by atoms with Gasteiger partial charge in [0.15, 0.2) is 6.10 Å². The molecule has 6 nitrogen and oxygen atoms in total. The van der Waals surface area contributed by atoms with Gasteiger partial charge in [-0.05, 0) is 128 Å². The molecule has 0 aromatic rings. The van der Waals surface area contributed by atoms with E-state index in [4.69, 9.17) is 14.2 Å². The zero-order valence-electron chi connectivity index (χ0n) is 43.8. The normalized spacial score (nSPS) is 13.0. The fourth-order valence-corrected chi connectivity index (χ4v) is 7.10. The van der Waals surface area contributed by atoms with Gasteiger partial charge in [-0.1, -0.05) is 206 Å². The van der Waals surface area contributed by atoms with E-state index in [9.17, 15) is 14.4 Å². The van der Waals surface area contributed by atoms with Crippen molar-refractivity contribution in [2.24, 2.45) is 0 Å². The highest BCUT2D eigenvalue weighted by molar-refractivity contribution is 5.71. The highest BCUT2D eigenvalue weighted by atomic mass is 16.6. The van der Waals surface area contributed by atoms with E-state index in [1.54, 1.807) is 0 Å². The molecule has 0 aliphatic carbocycles. The lowest BCUT2D eigenvalue weighted by molar-refractivity contribution is -0.167. The summed E-state index contributed by atoms with van der Waals surface area (Å²) in [6.07, 6.45) is 76.1. The van der Waals surface area contributed by atoms with Crippen LogP contribution in [-0.2, 0) is 28.6 Å². The Morgan fingerprint density at radius 2 is 0.574 bits per heavy atom. The van der Waals surface area contributed by atoms with Crippen LogP contribution in [0.3, 0.4) is 0 Å². The SMILES string of the molecule is CC/C=C\C/C=C\C/C=C\C/C=C\CCCCCCC(=O)OCC(COC(=O)CCCCCCC/C=C\C/C=C\CCCCCC)OC(=O)CCCCCC/C=C\C/C=C\C/C=C\C/C=C\CC. The van der Waals surface area contributed by atoms with Gasteiger partial charge < -0.3 is 14.2 Å². The second-order valence-corrected chi connectivity index (χ2v) is 17.7. The summed E-state index contributed by atoms with van der Waals surface area (Å²) < 4.78 is 16.8. The van der Waals surface area contributed by atoms with E-state index in [1.807, 2.05) is 0 Å². The van der Waals surface area contributed by atoms with Crippen LogP contribution in [0, 0.1) is 0 Å². The third-order valence-electron chi connectivity index (χ3n) is 11.2. The van der Waals surface area contributed by atoms with Crippen LogP contribution in [0.15, 0.2) is 122 Å². The number of ether oxygens (including phenoxy) is 3. The summed E-state index contributed by atoms with van der Waals surface area (Å²) in [5.74, 6) is -0.972. The van der Waals surface area contributed by atoms with Gasteiger partial charge >= 0.3 is 17.9 Å². The molecular weight excluding hydrogens is 841 g/mol. The van der Waals surface area contributed by atoms with E-state index >= 15 is 0 Å². The maximum Gasteiger partial charge on any atom is 0.306 e. The van der Waals surface area contributed by atoms with Gasteiger partial charge in [-0.15, -0.1) is 0 Å². The molecule has 0 aliphatic heterocycles. The van der Waals surface area contributed by atoms with Crippen molar-refractivity contribution >= 4 is 17.9 Å². The molecule has 0 saturated heterocycles. The summed E-state index contributed by atoms with van der Waals surface area (Å²) in [4.78, 5) is 38.1. The fraction of sp³-hybridized carbons (Fsp3) is 0.629. The Morgan fingerprint density at radius 1 is 0.309 bits per heavy atom. The summed E-state index contributed by atoms with van der Waals surface area (Å²) in [5.41, 5.74) is 0. The number of carbonyl (C=O) groups is 3. The molecule has 0 rings (SSSR count). The first-order chi connectivity index (χ1) is 33.5. The Balaban J connectivity index is 4.53. The van der Waals surface area contributed by atoms with Crippen LogP contribution in [0.1, 0.15) is 233 Å². The maximum atomic E-state index is 12.8. The smallest absolute Gasteiger partial charge is 0.306 e. The third-order valence-corrected chi connectivity index (χ3v) is 11.2. The maximum absolute atomic E-state index is 12.8. The molecule has 0 fully saturated rings. The Bertz CT molecular complexity index is 1450. The van der Waals surface area contributed by atoms with E-state index in [1.165, 1.54) is 32.1 Å². The standard InChI is InChI=1S/C62H100O6/c1-4-7-10-13-16-19-22-25-28-31-34-37-40-43-46-49-52-55-61(64)67-58-59(57-66-60(63)54-51-48-45-42-39-36-33-30-27-24-21-18-15-12-9-6-3)68-62(65)56-53-50-47-44-41-38-35-32-29-26-23-20-17-14-11-8-5-2/h7-8,10-11,16-17,19-21,24-26,28-30,33-35,37-38,59H,4-6,9,12-15,18,22-23,27,31-32,36,39-58H2,1-3H3/b10-7-,11-8-,19-16-,20-17-,24-21-,28-25-,29-26-,33-30-,37-34-,38-35-. The average Bonchev–Trinajstić information content (AvgIpc) is 3.34. The second kappa shape index (κ2) is 55.4. The van der Waals surface area contributed by atoms with Gasteiger partial charge in [0, 0.05) is 19.3 Å². The van der Waals surface area contributed by atoms with Crippen molar-refractivity contribution in [1.29, 1.82) is 0 Å². The third kappa shape index (κ3) is 52.8. The van der Waals surface area contributed by atoms with Gasteiger partial charge in [-0.2, -0.15) is 0 Å². The van der Waals surface area contributed by atoms with Crippen molar-refractivity contribution in [3.05, 3.63) is 122 Å². The first kappa shape index (κ1) is 63.8. The molecule has 0 aromatic carbocycles. The van der Waals surface area contributed by atoms with Crippen LogP contribution >= 0.6 is 0 Å². The highest BCUT2D eigenvalue weighted by Crippen LogP contribution is 2.13. The van der Waals surface area contributed by atoms with Gasteiger partial charge in [0.1, 0.15) is 13.2 Å². The average molecular weight is 941 g/mol. The molecule has 0 saturated carbocycles. The van der Waals surface area contributed by atoms with Crippen LogP contribution in [0.5, 0.6) is 0 Å². The minimum absolute atomic E-state index is 0.107.